The molecule has 0 rings (SSSR count). The van der Waals surface area contributed by atoms with Crippen molar-refractivity contribution in [2.75, 3.05) is 6.67 Å². The third-order valence-electron chi connectivity index (χ3n) is 2.62. The molecule has 102 valence electrons. The van der Waals surface area contributed by atoms with Gasteiger partial charge in [-0.1, -0.05) is 32.2 Å². The number of alkyl halides is 1. The Labute approximate surface area is 109 Å². The van der Waals surface area contributed by atoms with Gasteiger partial charge in [0, 0.05) is 0 Å². The molecule has 1 atom stereocenters. The molecular weight excluding hydrogens is 232 g/mol. The highest BCUT2D eigenvalue weighted by atomic mass is 19.1. The lowest BCUT2D eigenvalue weighted by Crippen LogP contribution is -2.03. The van der Waals surface area contributed by atoms with Crippen molar-refractivity contribution in [3.8, 4) is 0 Å². The van der Waals surface area contributed by atoms with E-state index >= 15 is 0 Å². The highest BCUT2D eigenvalue weighted by molar-refractivity contribution is 5.38. The van der Waals surface area contributed by atoms with E-state index in [-0.39, 0.29) is 18.0 Å². The number of rotatable bonds is 8. The smallest absolute Gasteiger partial charge is 0.148 e. The van der Waals surface area contributed by atoms with E-state index in [4.69, 9.17) is 5.73 Å². The van der Waals surface area contributed by atoms with Crippen LogP contribution in [0.1, 0.15) is 33.1 Å². The van der Waals surface area contributed by atoms with Gasteiger partial charge >= 0.3 is 0 Å². The molecule has 0 saturated heterocycles. The van der Waals surface area contributed by atoms with Crippen molar-refractivity contribution in [3.05, 3.63) is 48.0 Å². The molecule has 0 radical (unpaired) electrons. The van der Waals surface area contributed by atoms with Crippen LogP contribution < -0.4 is 5.73 Å². The topological polar surface area (TPSA) is 26.0 Å². The van der Waals surface area contributed by atoms with Crippen LogP contribution in [-0.4, -0.2) is 6.67 Å². The summed E-state index contributed by atoms with van der Waals surface area (Å²) in [6.45, 7) is 10.7. The Morgan fingerprint density at radius 1 is 1.39 bits per heavy atom. The molecule has 1 unspecified atom stereocenters. The van der Waals surface area contributed by atoms with Gasteiger partial charge in [-0.3, -0.25) is 4.39 Å². The molecule has 0 aliphatic rings. The molecule has 0 saturated carbocycles. The predicted octanol–water partition coefficient (Wildman–Crippen LogP) is 4.59. The summed E-state index contributed by atoms with van der Waals surface area (Å²) < 4.78 is 26.1. The van der Waals surface area contributed by atoms with Crippen molar-refractivity contribution in [3.63, 3.8) is 0 Å². The number of hydrogen-bond acceptors (Lipinski definition) is 1. The fourth-order valence-corrected chi connectivity index (χ4v) is 1.79. The quantitative estimate of drug-likeness (QED) is 0.498. The van der Waals surface area contributed by atoms with E-state index in [0.29, 0.717) is 24.0 Å². The minimum absolute atomic E-state index is 0.122. The van der Waals surface area contributed by atoms with E-state index in [0.717, 1.165) is 0 Å². The minimum atomic E-state index is -0.555. The first-order chi connectivity index (χ1) is 8.43. The summed E-state index contributed by atoms with van der Waals surface area (Å²) in [5.41, 5.74) is 6.30. The summed E-state index contributed by atoms with van der Waals surface area (Å²) >= 11 is 0. The van der Waals surface area contributed by atoms with Crippen LogP contribution in [0.4, 0.5) is 8.78 Å². The Morgan fingerprint density at radius 3 is 2.44 bits per heavy atom. The Kier molecular flexibility index (Phi) is 8.01. The Hall–Kier alpha value is -1.38. The molecule has 0 fully saturated rings. The fraction of sp³-hybridized carbons (Fsp3) is 0.467. The molecule has 1 nitrogen and oxygen atoms in total. The van der Waals surface area contributed by atoms with Gasteiger partial charge in [-0.2, -0.15) is 0 Å². The average molecular weight is 255 g/mol. The molecule has 0 aromatic rings. The van der Waals surface area contributed by atoms with Crippen molar-refractivity contribution < 1.29 is 8.78 Å². The SMILES string of the molecule is C=C(N)/C(F)=C(\CCCF)C(=C)CC(C)/C=C\C. The zero-order chi connectivity index (χ0) is 14.1. The molecule has 0 amide bonds. The normalized spacial score (nSPS) is 14.4. The number of halogens is 2. The van der Waals surface area contributed by atoms with Crippen LogP contribution in [0.3, 0.4) is 0 Å². The molecule has 0 heterocycles. The zero-order valence-electron chi connectivity index (χ0n) is 11.3. The molecule has 2 N–H and O–H groups in total. The fourth-order valence-electron chi connectivity index (χ4n) is 1.79. The molecule has 18 heavy (non-hydrogen) atoms. The van der Waals surface area contributed by atoms with Crippen molar-refractivity contribution >= 4 is 0 Å². The molecule has 0 spiro atoms. The number of allylic oxidation sites excluding steroid dienone is 5. The van der Waals surface area contributed by atoms with Crippen molar-refractivity contribution in [1.82, 2.24) is 0 Å². The van der Waals surface area contributed by atoms with Gasteiger partial charge in [-0.15, -0.1) is 0 Å². The molecule has 0 aromatic heterocycles. The molecular formula is C15H23F2N. The Balaban J connectivity index is 4.92. The van der Waals surface area contributed by atoms with Gasteiger partial charge in [0.05, 0.1) is 12.4 Å². The van der Waals surface area contributed by atoms with Crippen LogP contribution in [0.25, 0.3) is 0 Å². The lowest BCUT2D eigenvalue weighted by Gasteiger charge is -2.14. The maximum atomic E-state index is 13.9. The van der Waals surface area contributed by atoms with Gasteiger partial charge in [0.15, 0.2) is 0 Å². The summed E-state index contributed by atoms with van der Waals surface area (Å²) in [4.78, 5) is 0. The van der Waals surface area contributed by atoms with Crippen LogP contribution in [-0.2, 0) is 0 Å². The van der Waals surface area contributed by atoms with Crippen molar-refractivity contribution in [1.29, 1.82) is 0 Å². The maximum Gasteiger partial charge on any atom is 0.148 e. The maximum absolute atomic E-state index is 13.9. The molecule has 0 aliphatic heterocycles. The van der Waals surface area contributed by atoms with Crippen molar-refractivity contribution in [2.45, 2.75) is 33.1 Å². The van der Waals surface area contributed by atoms with E-state index in [2.05, 4.69) is 13.2 Å². The predicted molar refractivity (Wildman–Crippen MR) is 74.4 cm³/mol. The molecule has 0 aliphatic carbocycles. The second kappa shape index (κ2) is 8.67. The first-order valence-electron chi connectivity index (χ1n) is 6.14. The number of hydrogen-bond donors (Lipinski definition) is 1. The van der Waals surface area contributed by atoms with Gasteiger partial charge in [-0.25, -0.2) is 4.39 Å². The summed E-state index contributed by atoms with van der Waals surface area (Å²) in [6.07, 6.45) is 5.17. The van der Waals surface area contributed by atoms with Crippen LogP contribution in [0.5, 0.6) is 0 Å². The van der Waals surface area contributed by atoms with Crippen molar-refractivity contribution in [2.24, 2.45) is 11.7 Å². The van der Waals surface area contributed by atoms with Gasteiger partial charge in [0.25, 0.3) is 0 Å². The van der Waals surface area contributed by atoms with E-state index in [9.17, 15) is 8.78 Å². The number of nitrogens with two attached hydrogens (primary N) is 1. The standard InChI is InChI=1S/C15H23F2N/c1-5-7-11(2)10-12(3)14(8-6-9-16)15(17)13(4)18/h5,7,11H,3-4,6,8-10,18H2,1-2H3/b7-5-,15-14-. The van der Waals surface area contributed by atoms with Crippen LogP contribution in [0.15, 0.2) is 48.0 Å². The second-order valence-electron chi connectivity index (χ2n) is 4.42. The highest BCUT2D eigenvalue weighted by Gasteiger charge is 2.13. The average Bonchev–Trinajstić information content (AvgIpc) is 2.29. The third-order valence-corrected chi connectivity index (χ3v) is 2.62. The summed E-state index contributed by atoms with van der Waals surface area (Å²) in [5.74, 6) is -0.289. The Bertz CT molecular complexity index is 354. The summed E-state index contributed by atoms with van der Waals surface area (Å²) in [5, 5.41) is 0. The van der Waals surface area contributed by atoms with Gasteiger partial charge < -0.3 is 5.73 Å². The molecule has 3 heteroatoms. The second-order valence-corrected chi connectivity index (χ2v) is 4.42. The van der Waals surface area contributed by atoms with Crippen LogP contribution >= 0.6 is 0 Å². The van der Waals surface area contributed by atoms with Gasteiger partial charge in [0.2, 0.25) is 0 Å². The van der Waals surface area contributed by atoms with E-state index in [1.54, 1.807) is 0 Å². The third kappa shape index (κ3) is 5.80. The summed E-state index contributed by atoms with van der Waals surface area (Å²) in [7, 11) is 0. The minimum Gasteiger partial charge on any atom is -0.397 e. The van der Waals surface area contributed by atoms with E-state index in [1.165, 1.54) is 0 Å². The lowest BCUT2D eigenvalue weighted by molar-refractivity contribution is 0.469. The van der Waals surface area contributed by atoms with E-state index < -0.39 is 12.5 Å². The first-order valence-corrected chi connectivity index (χ1v) is 6.14. The van der Waals surface area contributed by atoms with Crippen LogP contribution in [0, 0.1) is 5.92 Å². The monoisotopic (exact) mass is 255 g/mol. The van der Waals surface area contributed by atoms with Gasteiger partial charge in [0.1, 0.15) is 5.83 Å². The first kappa shape index (κ1) is 16.6. The van der Waals surface area contributed by atoms with Gasteiger partial charge in [-0.05, 0) is 43.3 Å². The van der Waals surface area contributed by atoms with E-state index in [1.807, 2.05) is 26.0 Å². The molecule has 0 aromatic carbocycles. The van der Waals surface area contributed by atoms with Crippen LogP contribution in [0.2, 0.25) is 0 Å². The lowest BCUT2D eigenvalue weighted by atomic mass is 9.92. The summed E-state index contributed by atoms with van der Waals surface area (Å²) in [6, 6.07) is 0. The largest absolute Gasteiger partial charge is 0.397 e. The Morgan fingerprint density at radius 2 is 2.00 bits per heavy atom. The molecule has 0 bridgehead atoms. The zero-order valence-corrected chi connectivity index (χ0v) is 11.3. The highest BCUT2D eigenvalue weighted by Crippen LogP contribution is 2.27.